The minimum absolute atomic E-state index is 0. The molecule has 5 unspecified atom stereocenters. The number of aliphatic hydroxyl groups is 1. The Balaban J connectivity index is 0.00000181. The number of piperazine rings is 1. The van der Waals surface area contributed by atoms with Crippen molar-refractivity contribution in [3.63, 3.8) is 0 Å². The average Bonchev–Trinajstić information content (AvgIpc) is 2.73. The van der Waals surface area contributed by atoms with E-state index in [-0.39, 0.29) is 37.5 Å². The molecule has 2 aliphatic heterocycles. The maximum Gasteiger partial charge on any atom is 0.391 e. The number of nitrogens with zero attached hydrogens (tertiary/aromatic N) is 3. The third kappa shape index (κ3) is 7.05. The lowest BCUT2D eigenvalue weighted by Gasteiger charge is -2.54. The molecule has 0 amide bonds. The average molecular weight is 523 g/mol. The molecule has 10 heteroatoms. The summed E-state index contributed by atoms with van der Waals surface area (Å²) in [5, 5.41) is 10.1. The van der Waals surface area contributed by atoms with Crippen molar-refractivity contribution in [3.8, 4) is 0 Å². The number of thioether (sulfide) groups is 1. The summed E-state index contributed by atoms with van der Waals surface area (Å²) in [6.45, 7) is 7.03. The third-order valence-electron chi connectivity index (χ3n) is 7.86. The van der Waals surface area contributed by atoms with Crippen molar-refractivity contribution in [2.75, 3.05) is 52.4 Å². The van der Waals surface area contributed by atoms with E-state index in [0.717, 1.165) is 65.1 Å². The van der Waals surface area contributed by atoms with Crippen molar-refractivity contribution in [1.29, 1.82) is 0 Å². The maximum absolute atomic E-state index is 13.5. The smallest absolute Gasteiger partial charge is 0.391 e. The molecule has 4 nitrogen and oxygen atoms in total. The SMILES string of the molecule is Cl.Cl.OCCN1CCN(CCCN2C3CCCCC3SC3CCC(C(F)(F)F)CC32)CC1. The Morgan fingerprint density at radius 3 is 2.06 bits per heavy atom. The predicted octanol–water partition coefficient (Wildman–Crippen LogP) is 4.29. The fourth-order valence-corrected chi connectivity index (χ4v) is 8.14. The fourth-order valence-electron chi connectivity index (χ4n) is 6.20. The molecule has 4 rings (SSSR count). The number of β-amino-alcohol motifs (C(OH)–C–C–N with tert-alkyl or cyclic N) is 1. The molecule has 1 N–H and O–H groups in total. The van der Waals surface area contributed by atoms with Crippen LogP contribution in [0.2, 0.25) is 0 Å². The van der Waals surface area contributed by atoms with Crippen LogP contribution in [0.1, 0.15) is 51.4 Å². The van der Waals surface area contributed by atoms with Crippen molar-refractivity contribution in [1.82, 2.24) is 14.7 Å². The molecule has 2 aliphatic carbocycles. The molecule has 4 fully saturated rings. The van der Waals surface area contributed by atoms with Gasteiger partial charge in [0.15, 0.2) is 0 Å². The summed E-state index contributed by atoms with van der Waals surface area (Å²) in [6.07, 6.45) is 3.28. The van der Waals surface area contributed by atoms with Crippen molar-refractivity contribution in [2.45, 2.75) is 80.1 Å². The summed E-state index contributed by atoms with van der Waals surface area (Å²) >= 11 is 2.04. The zero-order chi connectivity index (χ0) is 21.1. The standard InChI is InChI=1S/C22H38F3N3OS.2ClH/c23-22(24,25)17-6-7-21-19(16-17)28(18-4-1-2-5-20(18)30-21)9-3-8-26-10-12-27(13-11-26)14-15-29;;/h17-21,29H,1-16H2;2*1H. The molecule has 0 bridgehead atoms. The van der Waals surface area contributed by atoms with Crippen molar-refractivity contribution >= 4 is 36.6 Å². The highest BCUT2D eigenvalue weighted by molar-refractivity contribution is 8.00. The zero-order valence-electron chi connectivity index (χ0n) is 18.8. The molecular weight excluding hydrogens is 482 g/mol. The van der Waals surface area contributed by atoms with Crippen LogP contribution in [0.5, 0.6) is 0 Å². The van der Waals surface area contributed by atoms with E-state index < -0.39 is 12.1 Å². The highest BCUT2D eigenvalue weighted by Crippen LogP contribution is 2.50. The summed E-state index contributed by atoms with van der Waals surface area (Å²) < 4.78 is 40.5. The Morgan fingerprint density at radius 1 is 0.781 bits per heavy atom. The number of halogens is 5. The molecule has 2 saturated heterocycles. The molecule has 0 aromatic rings. The van der Waals surface area contributed by atoms with Crippen LogP contribution >= 0.6 is 36.6 Å². The molecule has 32 heavy (non-hydrogen) atoms. The van der Waals surface area contributed by atoms with Crippen LogP contribution in [0, 0.1) is 5.92 Å². The second kappa shape index (κ2) is 13.0. The molecule has 0 spiro atoms. The van der Waals surface area contributed by atoms with Gasteiger partial charge in [0.1, 0.15) is 0 Å². The molecular formula is C22H40Cl2F3N3OS. The lowest BCUT2D eigenvalue weighted by molar-refractivity contribution is -0.187. The van der Waals surface area contributed by atoms with Crippen molar-refractivity contribution < 1.29 is 18.3 Å². The topological polar surface area (TPSA) is 30.0 Å². The van der Waals surface area contributed by atoms with Crippen LogP contribution in [0.3, 0.4) is 0 Å². The predicted molar refractivity (Wildman–Crippen MR) is 130 cm³/mol. The highest BCUT2D eigenvalue weighted by atomic mass is 35.5. The van der Waals surface area contributed by atoms with Crippen LogP contribution in [-0.2, 0) is 0 Å². The minimum atomic E-state index is -4.04. The lowest BCUT2D eigenvalue weighted by Crippen LogP contribution is -2.60. The van der Waals surface area contributed by atoms with Gasteiger partial charge in [-0.2, -0.15) is 24.9 Å². The summed E-state index contributed by atoms with van der Waals surface area (Å²) in [7, 11) is 0. The van der Waals surface area contributed by atoms with E-state index in [1.807, 2.05) is 11.8 Å². The maximum atomic E-state index is 13.5. The normalized spacial score (nSPS) is 34.7. The van der Waals surface area contributed by atoms with E-state index in [0.29, 0.717) is 29.4 Å². The van der Waals surface area contributed by atoms with E-state index in [9.17, 15) is 13.2 Å². The van der Waals surface area contributed by atoms with E-state index in [1.54, 1.807) is 0 Å². The van der Waals surface area contributed by atoms with Gasteiger partial charge in [-0.15, -0.1) is 24.8 Å². The molecule has 0 aromatic carbocycles. The largest absolute Gasteiger partial charge is 0.395 e. The Bertz CT molecular complexity index is 555. The summed E-state index contributed by atoms with van der Waals surface area (Å²) in [6, 6.07) is 0.592. The van der Waals surface area contributed by atoms with Gasteiger partial charge in [-0.05, 0) is 45.1 Å². The molecule has 2 heterocycles. The van der Waals surface area contributed by atoms with Crippen molar-refractivity contribution in [2.24, 2.45) is 5.92 Å². The van der Waals surface area contributed by atoms with Crippen LogP contribution < -0.4 is 0 Å². The van der Waals surface area contributed by atoms with Gasteiger partial charge >= 0.3 is 6.18 Å². The van der Waals surface area contributed by atoms with Crippen LogP contribution in [0.25, 0.3) is 0 Å². The van der Waals surface area contributed by atoms with Gasteiger partial charge in [0.05, 0.1) is 12.5 Å². The number of rotatable bonds is 6. The molecule has 0 aromatic heterocycles. The number of hydrogen-bond acceptors (Lipinski definition) is 5. The first-order chi connectivity index (χ1) is 14.5. The third-order valence-corrected chi connectivity index (χ3v) is 9.66. The Morgan fingerprint density at radius 2 is 1.41 bits per heavy atom. The monoisotopic (exact) mass is 521 g/mol. The number of hydrogen-bond donors (Lipinski definition) is 1. The lowest BCUT2D eigenvalue weighted by atomic mass is 9.81. The molecule has 4 aliphatic rings. The van der Waals surface area contributed by atoms with Crippen LogP contribution in [-0.4, -0.2) is 101 Å². The first kappa shape index (κ1) is 28.8. The Kier molecular flexibility index (Phi) is 11.7. The highest BCUT2D eigenvalue weighted by Gasteiger charge is 2.51. The Hall–Kier alpha value is 0.560. The zero-order valence-corrected chi connectivity index (χ0v) is 21.3. The molecule has 0 radical (unpaired) electrons. The van der Waals surface area contributed by atoms with Gasteiger partial charge in [-0.3, -0.25) is 9.80 Å². The van der Waals surface area contributed by atoms with E-state index in [4.69, 9.17) is 5.11 Å². The van der Waals surface area contributed by atoms with E-state index in [2.05, 4.69) is 14.7 Å². The summed E-state index contributed by atoms with van der Waals surface area (Å²) in [5.74, 6) is -1.11. The molecule has 5 atom stereocenters. The Labute approximate surface area is 207 Å². The number of aliphatic hydroxyl groups excluding tert-OH is 1. The van der Waals surface area contributed by atoms with Gasteiger partial charge in [-0.25, -0.2) is 0 Å². The van der Waals surface area contributed by atoms with Crippen LogP contribution in [0.15, 0.2) is 0 Å². The second-order valence-electron chi connectivity index (χ2n) is 9.68. The van der Waals surface area contributed by atoms with Crippen LogP contribution in [0.4, 0.5) is 13.2 Å². The van der Waals surface area contributed by atoms with Gasteiger partial charge < -0.3 is 10.0 Å². The first-order valence-electron chi connectivity index (χ1n) is 12.0. The number of alkyl halides is 3. The molecule has 2 saturated carbocycles. The summed E-state index contributed by atoms with van der Waals surface area (Å²) in [5.41, 5.74) is 0. The second-order valence-corrected chi connectivity index (χ2v) is 11.2. The van der Waals surface area contributed by atoms with Gasteiger partial charge in [0.25, 0.3) is 0 Å². The molecule has 190 valence electrons. The summed E-state index contributed by atoms with van der Waals surface area (Å²) in [4.78, 5) is 7.33. The first-order valence-corrected chi connectivity index (χ1v) is 12.9. The fraction of sp³-hybridized carbons (Fsp3) is 1.00. The van der Waals surface area contributed by atoms with E-state index >= 15 is 0 Å². The number of fused-ring (bicyclic) bond motifs is 2. The van der Waals surface area contributed by atoms with Gasteiger partial charge in [0.2, 0.25) is 0 Å². The van der Waals surface area contributed by atoms with E-state index in [1.165, 1.54) is 19.3 Å². The quantitative estimate of drug-likeness (QED) is 0.563. The van der Waals surface area contributed by atoms with Gasteiger partial charge in [0, 0.05) is 61.9 Å². The minimum Gasteiger partial charge on any atom is -0.395 e. The van der Waals surface area contributed by atoms with Gasteiger partial charge in [-0.1, -0.05) is 12.8 Å². The van der Waals surface area contributed by atoms with Crippen molar-refractivity contribution in [3.05, 3.63) is 0 Å².